The number of ether oxygens (including phenoxy) is 1. The van der Waals surface area contributed by atoms with Gasteiger partial charge in [0, 0.05) is 5.41 Å². The Kier molecular flexibility index (Phi) is 2.33. The number of nitrogens with two attached hydrogens (primary N) is 1. The van der Waals surface area contributed by atoms with Crippen LogP contribution in [-0.2, 0) is 11.8 Å². The van der Waals surface area contributed by atoms with Crippen LogP contribution in [0, 0.1) is 0 Å². The molecule has 1 aromatic carbocycles. The molecule has 0 aliphatic heterocycles. The number of hydrogen-bond donors (Lipinski definition) is 1. The number of benzene rings is 1. The Morgan fingerprint density at radius 3 is 2.94 bits per heavy atom. The van der Waals surface area contributed by atoms with Crippen LogP contribution in [0.15, 0.2) is 29.0 Å². The SMILES string of the molecule is COc1ccc2c(c1)C(C)(c1nocc1N)CC2. The topological polar surface area (TPSA) is 61.3 Å². The largest absolute Gasteiger partial charge is 0.497 e. The number of methoxy groups -OCH3 is 1. The molecule has 1 atom stereocenters. The molecule has 1 aromatic heterocycles. The third kappa shape index (κ3) is 1.41. The highest BCUT2D eigenvalue weighted by Gasteiger charge is 2.39. The lowest BCUT2D eigenvalue weighted by atomic mass is 9.80. The molecule has 0 fully saturated rings. The normalized spacial score (nSPS) is 21.9. The summed E-state index contributed by atoms with van der Waals surface area (Å²) in [6.45, 7) is 2.16. The number of hydrogen-bond acceptors (Lipinski definition) is 4. The van der Waals surface area contributed by atoms with Gasteiger partial charge in [-0.15, -0.1) is 0 Å². The molecule has 1 unspecified atom stereocenters. The van der Waals surface area contributed by atoms with Crippen LogP contribution in [0.2, 0.25) is 0 Å². The molecule has 3 rings (SSSR count). The minimum absolute atomic E-state index is 0.180. The molecule has 4 heteroatoms. The summed E-state index contributed by atoms with van der Waals surface area (Å²) < 4.78 is 10.3. The Bertz CT molecular complexity index is 591. The summed E-state index contributed by atoms with van der Waals surface area (Å²) in [7, 11) is 1.68. The van der Waals surface area contributed by atoms with Gasteiger partial charge in [-0.25, -0.2) is 0 Å². The number of aromatic nitrogens is 1. The van der Waals surface area contributed by atoms with E-state index < -0.39 is 0 Å². The van der Waals surface area contributed by atoms with E-state index >= 15 is 0 Å². The van der Waals surface area contributed by atoms with Gasteiger partial charge in [-0.2, -0.15) is 0 Å². The van der Waals surface area contributed by atoms with Crippen LogP contribution in [0.25, 0.3) is 0 Å². The first-order chi connectivity index (χ1) is 8.65. The molecule has 1 aliphatic rings. The molecule has 0 radical (unpaired) electrons. The summed E-state index contributed by atoms with van der Waals surface area (Å²) >= 11 is 0. The van der Waals surface area contributed by atoms with Gasteiger partial charge in [-0.05, 0) is 43.0 Å². The van der Waals surface area contributed by atoms with Crippen molar-refractivity contribution in [3.63, 3.8) is 0 Å². The molecule has 0 amide bonds. The summed E-state index contributed by atoms with van der Waals surface area (Å²) in [6, 6.07) is 6.20. The molecule has 94 valence electrons. The van der Waals surface area contributed by atoms with E-state index in [9.17, 15) is 0 Å². The Balaban J connectivity index is 2.16. The first-order valence-corrected chi connectivity index (χ1v) is 6.03. The molecular weight excluding hydrogens is 228 g/mol. The van der Waals surface area contributed by atoms with E-state index in [0.717, 1.165) is 24.3 Å². The number of aryl methyl sites for hydroxylation is 1. The Hall–Kier alpha value is -1.97. The van der Waals surface area contributed by atoms with Gasteiger partial charge in [0.1, 0.15) is 17.7 Å². The maximum absolute atomic E-state index is 5.95. The average Bonchev–Trinajstić information content (AvgIpc) is 2.95. The minimum Gasteiger partial charge on any atom is -0.497 e. The van der Waals surface area contributed by atoms with Crippen molar-refractivity contribution in [2.24, 2.45) is 0 Å². The summed E-state index contributed by atoms with van der Waals surface area (Å²) in [5.74, 6) is 0.865. The van der Waals surface area contributed by atoms with Gasteiger partial charge in [0.05, 0.1) is 12.8 Å². The molecule has 0 saturated heterocycles. The van der Waals surface area contributed by atoms with Gasteiger partial charge < -0.3 is 15.0 Å². The number of anilines is 1. The third-order valence-corrected chi connectivity index (χ3v) is 3.93. The molecule has 2 aromatic rings. The van der Waals surface area contributed by atoms with Crippen LogP contribution in [0.4, 0.5) is 5.69 Å². The van der Waals surface area contributed by atoms with Crippen molar-refractivity contribution in [3.05, 3.63) is 41.3 Å². The van der Waals surface area contributed by atoms with E-state index in [1.165, 1.54) is 17.4 Å². The van der Waals surface area contributed by atoms with Crippen LogP contribution in [0.5, 0.6) is 5.75 Å². The first kappa shape index (κ1) is 11.1. The van der Waals surface area contributed by atoms with Crippen LogP contribution >= 0.6 is 0 Å². The molecule has 1 heterocycles. The summed E-state index contributed by atoms with van der Waals surface area (Å²) in [6.07, 6.45) is 3.52. The van der Waals surface area contributed by atoms with Gasteiger partial charge in [0.25, 0.3) is 0 Å². The van der Waals surface area contributed by atoms with Crippen molar-refractivity contribution < 1.29 is 9.26 Å². The van der Waals surface area contributed by atoms with Crippen molar-refractivity contribution in [3.8, 4) is 5.75 Å². The maximum Gasteiger partial charge on any atom is 0.147 e. The van der Waals surface area contributed by atoms with Crippen LogP contribution in [0.3, 0.4) is 0 Å². The lowest BCUT2D eigenvalue weighted by Gasteiger charge is -2.23. The Morgan fingerprint density at radius 2 is 2.28 bits per heavy atom. The lowest BCUT2D eigenvalue weighted by Crippen LogP contribution is -2.22. The van der Waals surface area contributed by atoms with E-state index in [-0.39, 0.29) is 5.41 Å². The van der Waals surface area contributed by atoms with E-state index in [1.54, 1.807) is 7.11 Å². The van der Waals surface area contributed by atoms with E-state index in [0.29, 0.717) is 5.69 Å². The molecule has 4 nitrogen and oxygen atoms in total. The summed E-state index contributed by atoms with van der Waals surface area (Å²) in [5.41, 5.74) is 9.79. The zero-order valence-corrected chi connectivity index (χ0v) is 10.6. The average molecular weight is 244 g/mol. The van der Waals surface area contributed by atoms with Gasteiger partial charge in [0.15, 0.2) is 0 Å². The summed E-state index contributed by atoms with van der Waals surface area (Å²) in [4.78, 5) is 0. The zero-order valence-electron chi connectivity index (χ0n) is 10.6. The van der Waals surface area contributed by atoms with E-state index in [4.69, 9.17) is 15.0 Å². The third-order valence-electron chi connectivity index (χ3n) is 3.93. The fourth-order valence-electron chi connectivity index (χ4n) is 2.84. The predicted molar refractivity (Wildman–Crippen MR) is 68.7 cm³/mol. The van der Waals surface area contributed by atoms with Gasteiger partial charge in [0.2, 0.25) is 0 Å². The van der Waals surface area contributed by atoms with Crippen molar-refractivity contribution >= 4 is 5.69 Å². The lowest BCUT2D eigenvalue weighted by molar-refractivity contribution is 0.390. The number of fused-ring (bicyclic) bond motifs is 1. The molecule has 0 bridgehead atoms. The van der Waals surface area contributed by atoms with Crippen molar-refractivity contribution in [2.75, 3.05) is 12.8 Å². The fraction of sp³-hybridized carbons (Fsp3) is 0.357. The van der Waals surface area contributed by atoms with Crippen molar-refractivity contribution in [2.45, 2.75) is 25.2 Å². The smallest absolute Gasteiger partial charge is 0.147 e. The number of rotatable bonds is 2. The Morgan fingerprint density at radius 1 is 1.44 bits per heavy atom. The zero-order chi connectivity index (χ0) is 12.8. The molecule has 0 saturated carbocycles. The second-order valence-electron chi connectivity index (χ2n) is 4.97. The molecule has 18 heavy (non-hydrogen) atoms. The molecular formula is C14H16N2O2. The monoisotopic (exact) mass is 244 g/mol. The Labute approximate surface area is 106 Å². The molecule has 1 aliphatic carbocycles. The predicted octanol–water partition coefficient (Wildman–Crippen LogP) is 2.52. The molecule has 0 spiro atoms. The highest BCUT2D eigenvalue weighted by molar-refractivity contribution is 5.55. The number of nitrogen functional groups attached to an aromatic ring is 1. The van der Waals surface area contributed by atoms with Crippen molar-refractivity contribution in [1.82, 2.24) is 5.16 Å². The molecule has 2 N–H and O–H groups in total. The first-order valence-electron chi connectivity index (χ1n) is 6.03. The second-order valence-corrected chi connectivity index (χ2v) is 4.97. The fourth-order valence-corrected chi connectivity index (χ4v) is 2.84. The highest BCUT2D eigenvalue weighted by atomic mass is 16.5. The standard InChI is InChI=1S/C14H16N2O2/c1-14(13-12(15)8-18-16-13)6-5-9-3-4-10(17-2)7-11(9)14/h3-4,7-8H,5-6,15H2,1-2H3. The van der Waals surface area contributed by atoms with Crippen molar-refractivity contribution in [1.29, 1.82) is 0 Å². The van der Waals surface area contributed by atoms with Crippen LogP contribution in [0.1, 0.15) is 30.2 Å². The summed E-state index contributed by atoms with van der Waals surface area (Å²) in [5, 5.41) is 4.08. The van der Waals surface area contributed by atoms with Crippen LogP contribution < -0.4 is 10.5 Å². The number of nitrogens with zero attached hydrogens (tertiary/aromatic N) is 1. The quantitative estimate of drug-likeness (QED) is 0.881. The van der Waals surface area contributed by atoms with Gasteiger partial charge >= 0.3 is 0 Å². The van der Waals surface area contributed by atoms with Gasteiger partial charge in [-0.3, -0.25) is 0 Å². The second kappa shape index (κ2) is 3.77. The van der Waals surface area contributed by atoms with Crippen LogP contribution in [-0.4, -0.2) is 12.3 Å². The highest BCUT2D eigenvalue weighted by Crippen LogP contribution is 2.46. The maximum atomic E-state index is 5.95. The minimum atomic E-state index is -0.180. The van der Waals surface area contributed by atoms with E-state index in [1.807, 2.05) is 6.07 Å². The van der Waals surface area contributed by atoms with Gasteiger partial charge in [-0.1, -0.05) is 11.2 Å². The van der Waals surface area contributed by atoms with E-state index in [2.05, 4.69) is 24.2 Å².